The molecule has 0 N–H and O–H groups in total. The molecule has 1 aliphatic heterocycles. The van der Waals surface area contributed by atoms with Crippen molar-refractivity contribution in [2.45, 2.75) is 4.90 Å². The highest BCUT2D eigenvalue weighted by molar-refractivity contribution is 7.90. The molecule has 194 valence electrons. The average molecular weight is 526 g/mol. The van der Waals surface area contributed by atoms with Gasteiger partial charge < -0.3 is 14.5 Å². The molecule has 37 heavy (non-hydrogen) atoms. The average Bonchev–Trinajstić information content (AvgIpc) is 2.91. The molecule has 0 aromatic heterocycles. The van der Waals surface area contributed by atoms with E-state index < -0.39 is 21.6 Å². The molecule has 0 unspecified atom stereocenters. The Balaban J connectivity index is 1.50. The van der Waals surface area contributed by atoms with Crippen LogP contribution in [0.3, 0.4) is 0 Å². The fourth-order valence-corrected chi connectivity index (χ4v) is 5.18. The summed E-state index contributed by atoms with van der Waals surface area (Å²) in [6.45, 7) is 1.30. The molecule has 0 spiro atoms. The number of nitrogens with zero attached hydrogens (tertiary/aromatic N) is 3. The molecule has 1 saturated heterocycles. The van der Waals surface area contributed by atoms with Crippen molar-refractivity contribution in [1.82, 2.24) is 4.90 Å². The highest BCUT2D eigenvalue weighted by atomic mass is 32.2. The zero-order valence-corrected chi connectivity index (χ0v) is 21.4. The lowest BCUT2D eigenvalue weighted by Crippen LogP contribution is -2.52. The molecule has 1 aliphatic rings. The van der Waals surface area contributed by atoms with Gasteiger partial charge in [0.15, 0.2) is 9.84 Å². The summed E-state index contributed by atoms with van der Waals surface area (Å²) < 4.78 is 43.6. The van der Waals surface area contributed by atoms with E-state index in [-0.39, 0.29) is 23.0 Å². The summed E-state index contributed by atoms with van der Waals surface area (Å²) in [4.78, 5) is 31.7. The zero-order chi connectivity index (χ0) is 26.6. The van der Waals surface area contributed by atoms with Gasteiger partial charge in [-0.1, -0.05) is 18.2 Å². The molecular formula is C27H28FN3O5S. The maximum atomic E-state index is 14.0. The van der Waals surface area contributed by atoms with Crippen molar-refractivity contribution in [1.29, 1.82) is 0 Å². The minimum Gasteiger partial charge on any atom is -0.497 e. The van der Waals surface area contributed by atoms with Gasteiger partial charge in [0.05, 0.1) is 17.7 Å². The third-order valence-corrected chi connectivity index (χ3v) is 7.38. The van der Waals surface area contributed by atoms with Crippen LogP contribution in [0.1, 0.15) is 10.4 Å². The quantitative estimate of drug-likeness (QED) is 0.471. The van der Waals surface area contributed by atoms with Gasteiger partial charge in [-0.15, -0.1) is 0 Å². The first-order valence-corrected chi connectivity index (χ1v) is 13.6. The minimum atomic E-state index is -3.41. The number of halogens is 1. The van der Waals surface area contributed by atoms with E-state index in [0.717, 1.165) is 0 Å². The van der Waals surface area contributed by atoms with Crippen molar-refractivity contribution in [3.63, 3.8) is 0 Å². The van der Waals surface area contributed by atoms with Crippen molar-refractivity contribution >= 4 is 33.0 Å². The van der Waals surface area contributed by atoms with Crippen LogP contribution in [0.15, 0.2) is 77.7 Å². The fourth-order valence-electron chi connectivity index (χ4n) is 4.28. The number of benzene rings is 3. The SMILES string of the molecule is COc1ccc(C(=O)N(CC(=O)N2CCN(c3ccccc3S(C)(=O)=O)CC2)c2cccc(F)c2)cc1. The van der Waals surface area contributed by atoms with Crippen LogP contribution in [0.25, 0.3) is 0 Å². The van der Waals surface area contributed by atoms with Gasteiger partial charge in [-0.3, -0.25) is 14.5 Å². The lowest BCUT2D eigenvalue weighted by Gasteiger charge is -2.37. The third kappa shape index (κ3) is 6.08. The lowest BCUT2D eigenvalue weighted by atomic mass is 10.1. The first-order valence-electron chi connectivity index (χ1n) is 11.7. The van der Waals surface area contributed by atoms with Crippen molar-refractivity contribution in [3.05, 3.63) is 84.2 Å². The molecule has 2 amide bonds. The highest BCUT2D eigenvalue weighted by Crippen LogP contribution is 2.26. The van der Waals surface area contributed by atoms with E-state index in [1.165, 1.54) is 36.5 Å². The Morgan fingerprint density at radius 2 is 1.62 bits per heavy atom. The van der Waals surface area contributed by atoms with Gasteiger partial charge in [-0.05, 0) is 54.6 Å². The molecular weight excluding hydrogens is 497 g/mol. The van der Waals surface area contributed by atoms with Gasteiger partial charge in [0.2, 0.25) is 5.91 Å². The Hall–Kier alpha value is -3.92. The molecule has 0 radical (unpaired) electrons. The van der Waals surface area contributed by atoms with Gasteiger partial charge in [0.1, 0.15) is 18.1 Å². The molecule has 0 saturated carbocycles. The summed E-state index contributed by atoms with van der Waals surface area (Å²) in [7, 11) is -1.89. The molecule has 4 rings (SSSR count). The van der Waals surface area contributed by atoms with Crippen LogP contribution in [-0.2, 0) is 14.6 Å². The van der Waals surface area contributed by atoms with Crippen LogP contribution < -0.4 is 14.5 Å². The summed E-state index contributed by atoms with van der Waals surface area (Å²) in [6, 6.07) is 18.8. The first kappa shape index (κ1) is 26.2. The monoisotopic (exact) mass is 525 g/mol. The number of methoxy groups -OCH3 is 1. The lowest BCUT2D eigenvalue weighted by molar-refractivity contribution is -0.129. The van der Waals surface area contributed by atoms with E-state index in [4.69, 9.17) is 4.74 Å². The molecule has 3 aromatic rings. The third-order valence-electron chi connectivity index (χ3n) is 6.23. The number of hydrogen-bond acceptors (Lipinski definition) is 6. The molecule has 1 fully saturated rings. The summed E-state index contributed by atoms with van der Waals surface area (Å²) in [5.41, 5.74) is 1.21. The van der Waals surface area contributed by atoms with Gasteiger partial charge in [0, 0.05) is 43.7 Å². The maximum absolute atomic E-state index is 14.0. The van der Waals surface area contributed by atoms with Crippen LogP contribution in [-0.4, -0.2) is 71.2 Å². The number of ether oxygens (including phenoxy) is 1. The van der Waals surface area contributed by atoms with E-state index in [2.05, 4.69) is 0 Å². The highest BCUT2D eigenvalue weighted by Gasteiger charge is 2.28. The second-order valence-electron chi connectivity index (χ2n) is 8.71. The molecule has 0 aliphatic carbocycles. The number of hydrogen-bond donors (Lipinski definition) is 0. The van der Waals surface area contributed by atoms with Crippen LogP contribution in [0.4, 0.5) is 15.8 Å². The van der Waals surface area contributed by atoms with Gasteiger partial charge >= 0.3 is 0 Å². The van der Waals surface area contributed by atoms with Gasteiger partial charge in [0.25, 0.3) is 5.91 Å². The zero-order valence-electron chi connectivity index (χ0n) is 20.6. The fraction of sp³-hybridized carbons (Fsp3) is 0.259. The molecule has 8 nitrogen and oxygen atoms in total. The Morgan fingerprint density at radius 1 is 0.946 bits per heavy atom. The van der Waals surface area contributed by atoms with Crippen molar-refractivity contribution < 1.29 is 27.1 Å². The second-order valence-corrected chi connectivity index (χ2v) is 10.7. The largest absolute Gasteiger partial charge is 0.497 e. The predicted molar refractivity (Wildman–Crippen MR) is 139 cm³/mol. The number of rotatable bonds is 7. The Kier molecular flexibility index (Phi) is 7.77. The first-order chi connectivity index (χ1) is 17.7. The number of piperazine rings is 1. The molecule has 3 aromatic carbocycles. The Bertz CT molecular complexity index is 1390. The number of sulfone groups is 1. The van der Waals surface area contributed by atoms with E-state index >= 15 is 0 Å². The van der Waals surface area contributed by atoms with Gasteiger partial charge in [-0.2, -0.15) is 0 Å². The van der Waals surface area contributed by atoms with Gasteiger partial charge in [-0.25, -0.2) is 12.8 Å². The smallest absolute Gasteiger partial charge is 0.258 e. The molecule has 0 bridgehead atoms. The van der Waals surface area contributed by atoms with Crippen LogP contribution >= 0.6 is 0 Å². The standard InChI is InChI=1S/C27H28FN3O5S/c1-36-23-12-10-20(11-13-23)27(33)31(22-7-5-6-21(28)18-22)19-26(32)30-16-14-29(15-17-30)24-8-3-4-9-25(24)37(2,34)35/h3-13,18H,14-17,19H2,1-2H3. The number of anilines is 2. The van der Waals surface area contributed by atoms with E-state index in [1.54, 1.807) is 59.5 Å². The second kappa shape index (κ2) is 11.0. The summed E-state index contributed by atoms with van der Waals surface area (Å²) >= 11 is 0. The number of carbonyl (C=O) groups excluding carboxylic acids is 2. The van der Waals surface area contributed by atoms with Crippen molar-refractivity contribution in [3.8, 4) is 5.75 Å². The van der Waals surface area contributed by atoms with E-state index in [1.807, 2.05) is 4.90 Å². The Morgan fingerprint density at radius 3 is 2.24 bits per heavy atom. The number of para-hydroxylation sites is 1. The van der Waals surface area contributed by atoms with Crippen LogP contribution in [0, 0.1) is 5.82 Å². The minimum absolute atomic E-state index is 0.247. The maximum Gasteiger partial charge on any atom is 0.258 e. The van der Waals surface area contributed by atoms with Crippen molar-refractivity contribution in [2.24, 2.45) is 0 Å². The summed E-state index contributed by atoms with van der Waals surface area (Å²) in [6.07, 6.45) is 1.17. The topological polar surface area (TPSA) is 87.2 Å². The summed E-state index contributed by atoms with van der Waals surface area (Å²) in [5, 5.41) is 0. The van der Waals surface area contributed by atoms with Crippen LogP contribution in [0.5, 0.6) is 5.75 Å². The number of carbonyl (C=O) groups is 2. The van der Waals surface area contributed by atoms with Crippen LogP contribution in [0.2, 0.25) is 0 Å². The number of amides is 2. The van der Waals surface area contributed by atoms with Crippen molar-refractivity contribution in [2.75, 3.05) is 55.9 Å². The molecule has 10 heteroatoms. The molecule has 0 atom stereocenters. The summed E-state index contributed by atoms with van der Waals surface area (Å²) in [5.74, 6) is -0.666. The Labute approximate surface area is 215 Å². The normalized spacial score (nSPS) is 13.8. The van der Waals surface area contributed by atoms with E-state index in [9.17, 15) is 22.4 Å². The van der Waals surface area contributed by atoms with E-state index in [0.29, 0.717) is 43.2 Å². The molecule has 1 heterocycles. The predicted octanol–water partition coefficient (Wildman–Crippen LogP) is 3.23.